The van der Waals surface area contributed by atoms with Gasteiger partial charge in [-0.1, -0.05) is 83.3 Å². The highest BCUT2D eigenvalue weighted by atomic mass is 19.3. The first-order valence-electron chi connectivity index (χ1n) is 13.2. The van der Waals surface area contributed by atoms with E-state index in [0.29, 0.717) is 5.92 Å². The van der Waals surface area contributed by atoms with Crippen molar-refractivity contribution < 1.29 is 13.5 Å². The Kier molecular flexibility index (Phi) is 10.6. The molecule has 2 aliphatic rings. The largest absolute Gasteiger partial charge is 0.435 e. The number of benzene rings is 1. The van der Waals surface area contributed by atoms with E-state index in [0.717, 1.165) is 17.8 Å². The average molecular weight is 435 g/mol. The Morgan fingerprint density at radius 3 is 1.87 bits per heavy atom. The van der Waals surface area contributed by atoms with E-state index >= 15 is 0 Å². The van der Waals surface area contributed by atoms with Crippen LogP contribution in [0.3, 0.4) is 0 Å². The fraction of sp³-hybridized carbons (Fsp3) is 0.786. The highest BCUT2D eigenvalue weighted by molar-refractivity contribution is 5.29. The number of alkyl halides is 2. The predicted octanol–water partition coefficient (Wildman–Crippen LogP) is 9.51. The third-order valence-corrected chi connectivity index (χ3v) is 8.12. The van der Waals surface area contributed by atoms with E-state index in [1.54, 1.807) is 12.1 Å². The van der Waals surface area contributed by atoms with E-state index < -0.39 is 6.61 Å². The van der Waals surface area contributed by atoms with Gasteiger partial charge in [0, 0.05) is 0 Å². The van der Waals surface area contributed by atoms with Gasteiger partial charge in [-0.25, -0.2) is 0 Å². The topological polar surface area (TPSA) is 9.23 Å². The van der Waals surface area contributed by atoms with Gasteiger partial charge in [-0.15, -0.1) is 0 Å². The third-order valence-electron chi connectivity index (χ3n) is 8.12. The van der Waals surface area contributed by atoms with E-state index in [1.807, 2.05) is 12.1 Å². The van der Waals surface area contributed by atoms with Crippen LogP contribution < -0.4 is 4.74 Å². The molecule has 2 fully saturated rings. The second-order valence-corrected chi connectivity index (χ2v) is 10.3. The van der Waals surface area contributed by atoms with Crippen molar-refractivity contribution in [2.45, 2.75) is 122 Å². The van der Waals surface area contributed by atoms with Gasteiger partial charge in [0.1, 0.15) is 5.75 Å². The van der Waals surface area contributed by atoms with Gasteiger partial charge in [-0.2, -0.15) is 8.78 Å². The normalized spacial score (nSPS) is 26.8. The second-order valence-electron chi connectivity index (χ2n) is 10.3. The van der Waals surface area contributed by atoms with Gasteiger partial charge in [0.25, 0.3) is 0 Å². The fourth-order valence-corrected chi connectivity index (χ4v) is 6.18. The van der Waals surface area contributed by atoms with Crippen molar-refractivity contribution >= 4 is 0 Å². The van der Waals surface area contributed by atoms with Crippen molar-refractivity contribution in [2.24, 2.45) is 17.8 Å². The molecule has 2 saturated carbocycles. The minimum atomic E-state index is -2.74. The summed E-state index contributed by atoms with van der Waals surface area (Å²) in [4.78, 5) is 0. The minimum absolute atomic E-state index is 0.265. The molecular formula is C28H44F2O. The Morgan fingerprint density at radius 2 is 1.29 bits per heavy atom. The average Bonchev–Trinajstić information content (AvgIpc) is 2.79. The summed E-state index contributed by atoms with van der Waals surface area (Å²) < 4.78 is 29.1. The number of halogens is 2. The summed E-state index contributed by atoms with van der Waals surface area (Å²) in [6.07, 6.45) is 22.5. The van der Waals surface area contributed by atoms with Crippen molar-refractivity contribution in [3.8, 4) is 5.75 Å². The first kappa shape index (κ1) is 24.5. The molecule has 0 unspecified atom stereocenters. The first-order valence-corrected chi connectivity index (χ1v) is 13.2. The number of hydrogen-bond donors (Lipinski definition) is 0. The zero-order chi connectivity index (χ0) is 21.9. The molecule has 0 aliphatic heterocycles. The van der Waals surface area contributed by atoms with Crippen LogP contribution in [0.25, 0.3) is 0 Å². The predicted molar refractivity (Wildman–Crippen MR) is 126 cm³/mol. The monoisotopic (exact) mass is 434 g/mol. The van der Waals surface area contributed by atoms with E-state index in [-0.39, 0.29) is 5.75 Å². The molecule has 0 radical (unpaired) electrons. The van der Waals surface area contributed by atoms with Crippen LogP contribution in [0.5, 0.6) is 5.75 Å². The highest BCUT2D eigenvalue weighted by Crippen LogP contribution is 2.44. The summed E-state index contributed by atoms with van der Waals surface area (Å²) in [6, 6.07) is 7.36. The molecule has 0 amide bonds. The lowest BCUT2D eigenvalue weighted by atomic mass is 9.68. The standard InChI is InChI=1S/C28H44F2O/c1-2-3-4-5-6-7-8-9-22-10-12-23(13-11-22)24-14-16-25(17-15-24)26-18-20-27(21-19-26)31-28(29)30/h18-25,28H,2-17H2,1H3/t22-,23-,24-,25-. The Hall–Kier alpha value is -1.12. The molecule has 0 saturated heterocycles. The zero-order valence-corrected chi connectivity index (χ0v) is 19.7. The summed E-state index contributed by atoms with van der Waals surface area (Å²) >= 11 is 0. The lowest BCUT2D eigenvalue weighted by Crippen LogP contribution is -2.25. The highest BCUT2D eigenvalue weighted by Gasteiger charge is 2.31. The molecular weight excluding hydrogens is 390 g/mol. The third kappa shape index (κ3) is 8.39. The van der Waals surface area contributed by atoms with Gasteiger partial charge >= 0.3 is 6.61 Å². The quantitative estimate of drug-likeness (QED) is 0.298. The Morgan fingerprint density at radius 1 is 0.742 bits per heavy atom. The molecule has 0 spiro atoms. The second kappa shape index (κ2) is 13.4. The lowest BCUT2D eigenvalue weighted by Gasteiger charge is -2.38. The smallest absolute Gasteiger partial charge is 0.387 e. The van der Waals surface area contributed by atoms with Gasteiger partial charge < -0.3 is 4.74 Å². The molecule has 1 aromatic rings. The molecule has 1 aromatic carbocycles. The molecule has 2 aliphatic carbocycles. The first-order chi connectivity index (χ1) is 15.2. The Balaban J connectivity index is 1.29. The van der Waals surface area contributed by atoms with Crippen LogP contribution in [0.1, 0.15) is 121 Å². The maximum atomic E-state index is 12.3. The van der Waals surface area contributed by atoms with E-state index in [9.17, 15) is 8.78 Å². The number of unbranched alkanes of at least 4 members (excludes halogenated alkanes) is 6. The summed E-state index contributed by atoms with van der Waals surface area (Å²) in [5.41, 5.74) is 1.29. The van der Waals surface area contributed by atoms with Gasteiger partial charge in [0.2, 0.25) is 0 Å². The van der Waals surface area contributed by atoms with Crippen molar-refractivity contribution in [3.05, 3.63) is 29.8 Å². The molecule has 31 heavy (non-hydrogen) atoms. The van der Waals surface area contributed by atoms with E-state index in [2.05, 4.69) is 11.7 Å². The molecule has 3 rings (SSSR count). The van der Waals surface area contributed by atoms with Crippen LogP contribution in [0.2, 0.25) is 0 Å². The summed E-state index contributed by atoms with van der Waals surface area (Å²) in [6.45, 7) is -0.455. The van der Waals surface area contributed by atoms with Crippen LogP contribution in [-0.4, -0.2) is 6.61 Å². The van der Waals surface area contributed by atoms with Gasteiger partial charge in [0.15, 0.2) is 0 Å². The molecule has 3 heteroatoms. The minimum Gasteiger partial charge on any atom is -0.435 e. The van der Waals surface area contributed by atoms with Crippen molar-refractivity contribution in [3.63, 3.8) is 0 Å². The van der Waals surface area contributed by atoms with E-state index in [1.165, 1.54) is 108 Å². The van der Waals surface area contributed by atoms with Crippen molar-refractivity contribution in [1.82, 2.24) is 0 Å². The maximum absolute atomic E-state index is 12.3. The zero-order valence-electron chi connectivity index (χ0n) is 19.7. The molecule has 1 nitrogen and oxygen atoms in total. The van der Waals surface area contributed by atoms with Gasteiger partial charge in [0.05, 0.1) is 0 Å². The van der Waals surface area contributed by atoms with Crippen LogP contribution in [0, 0.1) is 17.8 Å². The summed E-state index contributed by atoms with van der Waals surface area (Å²) in [7, 11) is 0. The summed E-state index contributed by atoms with van der Waals surface area (Å²) in [5.74, 6) is 3.72. The Bertz CT molecular complexity index is 584. The van der Waals surface area contributed by atoms with Crippen molar-refractivity contribution in [1.29, 1.82) is 0 Å². The maximum Gasteiger partial charge on any atom is 0.387 e. The fourth-order valence-electron chi connectivity index (χ4n) is 6.18. The molecule has 176 valence electrons. The van der Waals surface area contributed by atoms with Crippen LogP contribution in [0.4, 0.5) is 8.78 Å². The van der Waals surface area contributed by atoms with Crippen molar-refractivity contribution in [2.75, 3.05) is 0 Å². The Labute approximate surface area is 189 Å². The number of rotatable bonds is 12. The molecule has 0 atom stereocenters. The lowest BCUT2D eigenvalue weighted by molar-refractivity contribution is -0.0498. The van der Waals surface area contributed by atoms with E-state index in [4.69, 9.17) is 0 Å². The molecule has 0 heterocycles. The van der Waals surface area contributed by atoms with Crippen LogP contribution in [-0.2, 0) is 0 Å². The van der Waals surface area contributed by atoms with Crippen LogP contribution in [0.15, 0.2) is 24.3 Å². The molecule has 0 N–H and O–H groups in total. The van der Waals surface area contributed by atoms with Gasteiger partial charge in [-0.05, 0) is 79.9 Å². The number of ether oxygens (including phenoxy) is 1. The molecule has 0 aromatic heterocycles. The van der Waals surface area contributed by atoms with Crippen LogP contribution >= 0.6 is 0 Å². The SMILES string of the molecule is CCCCCCCCC[C@H]1CC[C@H]([C@H]2CC[C@H](c3ccc(OC(F)F)cc3)CC2)CC1. The number of hydrogen-bond acceptors (Lipinski definition) is 1. The van der Waals surface area contributed by atoms with Gasteiger partial charge in [-0.3, -0.25) is 0 Å². The molecule has 0 bridgehead atoms. The summed E-state index contributed by atoms with van der Waals surface area (Å²) in [5, 5.41) is 0.